The Labute approximate surface area is 179 Å². The summed E-state index contributed by atoms with van der Waals surface area (Å²) in [5.41, 5.74) is -1.53. The second-order valence-corrected chi connectivity index (χ2v) is 6.34. The summed E-state index contributed by atoms with van der Waals surface area (Å²) in [7, 11) is 0. The Bertz CT molecular complexity index is 1410. The monoisotopic (exact) mass is 428 g/mol. The molecule has 0 saturated heterocycles. The summed E-state index contributed by atoms with van der Waals surface area (Å²) in [6.07, 6.45) is 0. The molecule has 0 N–H and O–H groups in total. The highest BCUT2D eigenvalue weighted by molar-refractivity contribution is 5.82. The summed E-state index contributed by atoms with van der Waals surface area (Å²) >= 11 is 0. The van der Waals surface area contributed by atoms with Crippen LogP contribution in [0.25, 0.3) is 43.3 Å². The highest BCUT2D eigenvalue weighted by Crippen LogP contribution is 2.25. The first-order valence-corrected chi connectivity index (χ1v) is 8.73. The van der Waals surface area contributed by atoms with Gasteiger partial charge in [0.1, 0.15) is 23.3 Å². The molecule has 0 bridgehead atoms. The van der Waals surface area contributed by atoms with E-state index >= 15 is 0 Å². The molecule has 3 aromatic carbocycles. The molecule has 152 valence electrons. The second kappa shape index (κ2) is 8.84. The van der Waals surface area contributed by atoms with Gasteiger partial charge in [-0.1, -0.05) is 12.1 Å². The van der Waals surface area contributed by atoms with Crippen molar-refractivity contribution in [2.24, 2.45) is 0 Å². The number of halogens is 4. The lowest BCUT2D eigenvalue weighted by Crippen LogP contribution is -2.19. The van der Waals surface area contributed by atoms with Gasteiger partial charge in [-0.3, -0.25) is 0 Å². The molecule has 0 unspecified atom stereocenters. The average Bonchev–Trinajstić information content (AvgIpc) is 2.76. The van der Waals surface area contributed by atoms with Gasteiger partial charge in [-0.15, -0.1) is 0 Å². The van der Waals surface area contributed by atoms with Crippen LogP contribution in [0.2, 0.25) is 0 Å². The van der Waals surface area contributed by atoms with Crippen molar-refractivity contribution in [1.29, 1.82) is 10.5 Å². The van der Waals surface area contributed by atoms with E-state index in [0.29, 0.717) is 12.1 Å². The van der Waals surface area contributed by atoms with Crippen LogP contribution in [0.15, 0.2) is 48.5 Å². The highest BCUT2D eigenvalue weighted by Gasteiger charge is 2.17. The molecule has 0 aliphatic carbocycles. The van der Waals surface area contributed by atoms with Crippen molar-refractivity contribution in [1.82, 2.24) is 0 Å². The summed E-state index contributed by atoms with van der Waals surface area (Å²) < 4.78 is 56.0. The first kappa shape index (κ1) is 21.8. The maximum Gasteiger partial charge on any atom is 0.269 e. The van der Waals surface area contributed by atoms with E-state index in [1.807, 2.05) is 0 Å². The van der Waals surface area contributed by atoms with Crippen LogP contribution in [0.3, 0.4) is 0 Å². The summed E-state index contributed by atoms with van der Waals surface area (Å²) in [5.74, 6) is -3.75. The van der Waals surface area contributed by atoms with E-state index in [4.69, 9.17) is 13.1 Å². The van der Waals surface area contributed by atoms with Crippen molar-refractivity contribution in [3.63, 3.8) is 0 Å². The molecule has 0 radical (unpaired) electrons. The van der Waals surface area contributed by atoms with Crippen molar-refractivity contribution in [3.8, 4) is 34.4 Å². The molecule has 0 aliphatic rings. The molecule has 0 saturated carbocycles. The van der Waals surface area contributed by atoms with E-state index in [9.17, 15) is 28.1 Å². The van der Waals surface area contributed by atoms with Crippen LogP contribution < -0.4 is 10.4 Å². The molecule has 0 aliphatic heterocycles. The molecule has 0 aromatic heterocycles. The van der Waals surface area contributed by atoms with Crippen LogP contribution in [-0.2, 0) is 0 Å². The van der Waals surface area contributed by atoms with Gasteiger partial charge in [-0.05, 0) is 35.4 Å². The van der Waals surface area contributed by atoms with Gasteiger partial charge in [0.2, 0.25) is 0 Å². The smallest absolute Gasteiger partial charge is 0.226 e. The van der Waals surface area contributed by atoms with Gasteiger partial charge in [-0.2, -0.15) is 0 Å². The SMILES string of the molecule is [C-]#[N+]/C(C#N)=c1/cc(-c2ccc(F)cc2F)/c(=C(\C#N)[N+]#[C-])cc1-c1ccc(F)cc1F. The zero-order valence-electron chi connectivity index (χ0n) is 15.9. The van der Waals surface area contributed by atoms with Crippen LogP contribution in [-0.4, -0.2) is 0 Å². The largest absolute Gasteiger partial charge is 0.269 e. The molecule has 0 spiro atoms. The number of nitriles is 2. The second-order valence-electron chi connectivity index (χ2n) is 6.34. The lowest BCUT2D eigenvalue weighted by Gasteiger charge is -2.12. The van der Waals surface area contributed by atoms with E-state index in [0.717, 1.165) is 36.4 Å². The molecule has 0 amide bonds. The van der Waals surface area contributed by atoms with E-state index < -0.39 is 34.7 Å². The Morgan fingerprint density at radius 2 is 1.00 bits per heavy atom. The average molecular weight is 428 g/mol. The maximum absolute atomic E-state index is 14.6. The summed E-state index contributed by atoms with van der Waals surface area (Å²) in [6.45, 7) is 14.6. The molecule has 0 fully saturated rings. The molecular weight excluding hydrogens is 420 g/mol. The van der Waals surface area contributed by atoms with Gasteiger partial charge >= 0.3 is 0 Å². The van der Waals surface area contributed by atoms with E-state index in [1.165, 1.54) is 0 Å². The summed E-state index contributed by atoms with van der Waals surface area (Å²) in [5, 5.41) is 18.6. The highest BCUT2D eigenvalue weighted by atomic mass is 19.1. The lowest BCUT2D eigenvalue weighted by molar-refractivity contribution is 0.584. The minimum Gasteiger partial charge on any atom is -0.226 e. The van der Waals surface area contributed by atoms with Gasteiger partial charge in [0, 0.05) is 33.7 Å². The van der Waals surface area contributed by atoms with Crippen molar-refractivity contribution in [2.45, 2.75) is 0 Å². The number of benzene rings is 3. The number of hydrogen-bond acceptors (Lipinski definition) is 2. The van der Waals surface area contributed by atoms with Crippen molar-refractivity contribution >= 4 is 11.4 Å². The fourth-order valence-electron chi connectivity index (χ4n) is 3.14. The molecule has 0 heterocycles. The van der Waals surface area contributed by atoms with Crippen LogP contribution in [0.5, 0.6) is 0 Å². The topological polar surface area (TPSA) is 56.3 Å². The van der Waals surface area contributed by atoms with Crippen LogP contribution in [0.1, 0.15) is 0 Å². The third kappa shape index (κ3) is 3.90. The first-order chi connectivity index (χ1) is 15.3. The molecule has 0 atom stereocenters. The molecule has 8 heteroatoms. The van der Waals surface area contributed by atoms with Crippen molar-refractivity contribution < 1.29 is 17.6 Å². The number of hydrogen-bond donors (Lipinski definition) is 0. The lowest BCUT2D eigenvalue weighted by atomic mass is 9.93. The molecule has 32 heavy (non-hydrogen) atoms. The number of rotatable bonds is 2. The zero-order valence-corrected chi connectivity index (χ0v) is 15.9. The van der Waals surface area contributed by atoms with E-state index in [-0.39, 0.29) is 32.7 Å². The predicted molar refractivity (Wildman–Crippen MR) is 108 cm³/mol. The quantitative estimate of drug-likeness (QED) is 0.440. The van der Waals surface area contributed by atoms with Crippen molar-refractivity contribution in [3.05, 3.63) is 105 Å². The van der Waals surface area contributed by atoms with Crippen LogP contribution in [0, 0.1) is 59.1 Å². The van der Waals surface area contributed by atoms with Crippen molar-refractivity contribution in [2.75, 3.05) is 0 Å². The Kier molecular flexibility index (Phi) is 6.02. The third-order valence-electron chi connectivity index (χ3n) is 4.55. The molecule has 3 aromatic rings. The molecular formula is C24H8F4N4. The molecule has 4 nitrogen and oxygen atoms in total. The fraction of sp³-hybridized carbons (Fsp3) is 0. The predicted octanol–water partition coefficient (Wildman–Crippen LogP) is 4.68. The Morgan fingerprint density at radius 3 is 1.28 bits per heavy atom. The van der Waals surface area contributed by atoms with Gasteiger partial charge in [-0.25, -0.2) is 37.8 Å². The van der Waals surface area contributed by atoms with Gasteiger partial charge < -0.3 is 0 Å². The summed E-state index contributed by atoms with van der Waals surface area (Å²) in [6, 6.07) is 10.9. The maximum atomic E-state index is 14.6. The first-order valence-electron chi connectivity index (χ1n) is 8.73. The van der Waals surface area contributed by atoms with Crippen LogP contribution >= 0.6 is 0 Å². The Morgan fingerprint density at radius 1 is 0.625 bits per heavy atom. The van der Waals surface area contributed by atoms with Gasteiger partial charge in [0.05, 0.1) is 25.3 Å². The minimum atomic E-state index is -1.01. The van der Waals surface area contributed by atoms with E-state index in [1.54, 1.807) is 12.1 Å². The Hall–Kier alpha value is -4.92. The normalized spacial score (nSPS) is 12.0. The fourth-order valence-corrected chi connectivity index (χ4v) is 3.14. The summed E-state index contributed by atoms with van der Waals surface area (Å²) in [4.78, 5) is 6.24. The molecule has 3 rings (SSSR count). The number of nitrogens with zero attached hydrogens (tertiary/aromatic N) is 4. The van der Waals surface area contributed by atoms with Gasteiger partial charge in [0.25, 0.3) is 11.4 Å². The van der Waals surface area contributed by atoms with Crippen LogP contribution in [0.4, 0.5) is 17.6 Å². The van der Waals surface area contributed by atoms with E-state index in [2.05, 4.69) is 9.69 Å². The third-order valence-corrected chi connectivity index (χ3v) is 4.55. The minimum absolute atomic E-state index is 0.0762. The zero-order chi connectivity index (χ0) is 23.4. The van der Waals surface area contributed by atoms with Gasteiger partial charge in [0.15, 0.2) is 0 Å². The Balaban J connectivity index is 2.65. The standard InChI is InChI=1S/C24H8F4N4/c1-31-23(11-29)19-9-18(16-6-4-14(26)8-22(16)28)20(24(12-30)32-2)10-17(19)15-5-3-13(25)7-21(15)27/h3-10H/b23-19-,24-20+.